The highest BCUT2D eigenvalue weighted by atomic mass is 35.5. The summed E-state index contributed by atoms with van der Waals surface area (Å²) in [5, 5.41) is 40.0. The van der Waals surface area contributed by atoms with E-state index in [-0.39, 0.29) is 65.8 Å². The van der Waals surface area contributed by atoms with E-state index in [1.54, 1.807) is 0 Å². The summed E-state index contributed by atoms with van der Waals surface area (Å²) in [7, 11) is 0. The molecule has 2 saturated carbocycles. The number of nitrogens with one attached hydrogen (secondary N) is 3. The van der Waals surface area contributed by atoms with Crippen molar-refractivity contribution in [1.82, 2.24) is 15.1 Å². The lowest BCUT2D eigenvalue weighted by Gasteiger charge is -2.35. The van der Waals surface area contributed by atoms with Gasteiger partial charge in [0.25, 0.3) is 11.4 Å². The molecule has 592 valence electrons. The Hall–Kier alpha value is -9.70. The van der Waals surface area contributed by atoms with Crippen LogP contribution in [0, 0.1) is 20.2 Å². The van der Waals surface area contributed by atoms with Crippen LogP contribution in [0.5, 0.6) is 34.5 Å². The molecule has 3 saturated heterocycles. The molecular formula is C82H89Cl3F6N8O12. The number of nitro benzene ring substituents is 2. The molecule has 4 N–H and O–H groups in total. The van der Waals surface area contributed by atoms with Crippen LogP contribution in [0.1, 0.15) is 111 Å². The van der Waals surface area contributed by atoms with E-state index < -0.39 is 49.9 Å². The maximum absolute atomic E-state index is 13.3. The first-order chi connectivity index (χ1) is 53.4. The zero-order chi connectivity index (χ0) is 79.3. The number of aliphatic hydroxyl groups is 1. The molecule has 8 aromatic rings. The first-order valence-corrected chi connectivity index (χ1v) is 38.2. The van der Waals surface area contributed by atoms with Crippen molar-refractivity contribution < 1.29 is 74.6 Å². The van der Waals surface area contributed by atoms with Gasteiger partial charge in [-0.1, -0.05) is 78.9 Å². The highest BCUT2D eigenvalue weighted by Gasteiger charge is 2.40. The van der Waals surface area contributed by atoms with Crippen LogP contribution >= 0.6 is 34.8 Å². The Labute approximate surface area is 655 Å². The van der Waals surface area contributed by atoms with E-state index in [1.165, 1.54) is 36.1 Å². The number of alkyl halides is 8. The number of para-hydroxylation sites is 3. The minimum Gasteiger partial charge on any atom is -0.457 e. The lowest BCUT2D eigenvalue weighted by Crippen LogP contribution is -2.49. The molecule has 0 atom stereocenters. The number of halogens is 9. The Kier molecular flexibility index (Phi) is 32.8. The number of hydrogen-bond donors (Lipinski definition) is 4. The van der Waals surface area contributed by atoms with Crippen LogP contribution in [0.15, 0.2) is 200 Å². The number of piperazine rings is 1. The van der Waals surface area contributed by atoms with E-state index >= 15 is 0 Å². The van der Waals surface area contributed by atoms with Crippen LogP contribution in [0.2, 0.25) is 0 Å². The molecule has 13 rings (SSSR count). The number of hydrogen-bond acceptors (Lipinski definition) is 16. The van der Waals surface area contributed by atoms with Gasteiger partial charge in [0, 0.05) is 80.5 Å². The minimum atomic E-state index is -4.82. The summed E-state index contributed by atoms with van der Waals surface area (Å²) in [6, 6.07) is 59.8. The highest BCUT2D eigenvalue weighted by Crippen LogP contribution is 2.41. The van der Waals surface area contributed by atoms with Gasteiger partial charge >= 0.3 is 12.4 Å². The van der Waals surface area contributed by atoms with Gasteiger partial charge in [-0.25, -0.2) is 0 Å². The average Bonchev–Trinajstić information content (AvgIpc) is 0.814. The van der Waals surface area contributed by atoms with Crippen LogP contribution in [0.25, 0.3) is 0 Å². The third kappa shape index (κ3) is 27.6. The summed E-state index contributed by atoms with van der Waals surface area (Å²) in [6.07, 6.45) is -0.712. The fraction of sp³-hybridized carbons (Fsp3) is 0.378. The summed E-state index contributed by atoms with van der Waals surface area (Å²) in [4.78, 5) is 59.4. The van der Waals surface area contributed by atoms with Crippen molar-refractivity contribution in [2.24, 2.45) is 0 Å². The molecule has 3 heterocycles. The van der Waals surface area contributed by atoms with Crippen molar-refractivity contribution in [2.75, 3.05) is 86.3 Å². The second-order valence-electron chi connectivity index (χ2n) is 27.1. The average molecular weight is 1600 g/mol. The van der Waals surface area contributed by atoms with Gasteiger partial charge in [-0.05, 0) is 234 Å². The van der Waals surface area contributed by atoms with Gasteiger partial charge in [0.2, 0.25) is 17.1 Å². The van der Waals surface area contributed by atoms with Crippen LogP contribution in [0.4, 0.5) is 54.8 Å². The molecular weight excluding hydrogens is 1510 g/mol. The summed E-state index contributed by atoms with van der Waals surface area (Å²) < 4.78 is 102. The number of nitro groups is 2. The van der Waals surface area contributed by atoms with Gasteiger partial charge in [0.05, 0.1) is 27.9 Å². The predicted octanol–water partition coefficient (Wildman–Crippen LogP) is 19.2. The Morgan fingerprint density at radius 1 is 0.468 bits per heavy atom. The first kappa shape index (κ1) is 85.3. The number of nitrogens with zero attached hydrogens (tertiary/aromatic N) is 5. The van der Waals surface area contributed by atoms with Gasteiger partial charge in [-0.3, -0.25) is 34.6 Å². The molecule has 29 heteroatoms. The highest BCUT2D eigenvalue weighted by molar-refractivity contribution is 6.67. The number of anilines is 3. The largest absolute Gasteiger partial charge is 0.457 e. The van der Waals surface area contributed by atoms with Gasteiger partial charge in [-0.15, -0.1) is 23.2 Å². The zero-order valence-corrected chi connectivity index (χ0v) is 63.1. The molecule has 111 heavy (non-hydrogen) atoms. The summed E-state index contributed by atoms with van der Waals surface area (Å²) in [5.74, 6) is 6.03. The number of aliphatic hydroxyl groups excluding tert-OH is 1. The Bertz CT molecular complexity index is 4210. The number of carbonyl (C=O) groups excluding carboxylic acids is 3. The Morgan fingerprint density at radius 3 is 1.22 bits per heavy atom. The van der Waals surface area contributed by atoms with Gasteiger partial charge in [0.15, 0.2) is 0 Å². The first-order valence-electron chi connectivity index (χ1n) is 36.7. The SMILES string of the molecule is O=C(CCl)N1CCN(c2ccc(Oc3ccccc3)cc2)CC1.O=C(COC1CCC(Nc2ccc([N+](=O)[O-])c(C(F)(F)F)c2)CC1)N1CCC(c2ccc(Oc3ccccc3)cc2)CC1.O=C(Cl)CCl.O=[N+]([O-])c1ccc(NC2CCC(O)CC2)cc1C(F)(F)F.c1ccc(Oc2ccc(C3CCNCC3)cc2)cc1. The molecule has 2 aliphatic carbocycles. The Morgan fingerprint density at radius 2 is 0.838 bits per heavy atom. The van der Waals surface area contributed by atoms with Crippen molar-refractivity contribution in [3.8, 4) is 34.5 Å². The second kappa shape index (κ2) is 42.6. The summed E-state index contributed by atoms with van der Waals surface area (Å²) >= 11 is 15.2. The normalized spacial score (nSPS) is 18.1. The number of benzene rings is 8. The van der Waals surface area contributed by atoms with E-state index in [0.717, 1.165) is 103 Å². The number of amides is 2. The van der Waals surface area contributed by atoms with Crippen molar-refractivity contribution in [1.29, 1.82) is 0 Å². The fourth-order valence-electron chi connectivity index (χ4n) is 13.5. The fourth-order valence-corrected chi connectivity index (χ4v) is 13.7. The van der Waals surface area contributed by atoms with E-state index in [9.17, 15) is 66.1 Å². The van der Waals surface area contributed by atoms with Crippen molar-refractivity contribution in [3.63, 3.8) is 0 Å². The molecule has 8 aromatic carbocycles. The molecule has 5 fully saturated rings. The van der Waals surface area contributed by atoms with Gasteiger partial charge in [-0.2, -0.15) is 26.3 Å². The smallest absolute Gasteiger partial charge is 0.423 e. The maximum atomic E-state index is 13.3. The van der Waals surface area contributed by atoms with E-state index in [1.807, 2.05) is 125 Å². The number of ether oxygens (including phenoxy) is 4. The molecule has 0 spiro atoms. The topological polar surface area (TPSA) is 240 Å². The number of likely N-dealkylation sites (tertiary alicyclic amines) is 1. The maximum Gasteiger partial charge on any atom is 0.423 e. The van der Waals surface area contributed by atoms with Gasteiger partial charge in [0.1, 0.15) is 58.1 Å². The van der Waals surface area contributed by atoms with E-state index in [2.05, 4.69) is 69.4 Å². The van der Waals surface area contributed by atoms with Crippen LogP contribution in [-0.4, -0.2) is 137 Å². The molecule has 0 aromatic heterocycles. The van der Waals surface area contributed by atoms with Crippen molar-refractivity contribution in [2.45, 2.75) is 126 Å². The number of carbonyl (C=O) groups is 3. The lowest BCUT2D eigenvalue weighted by atomic mass is 9.89. The van der Waals surface area contributed by atoms with Crippen molar-refractivity contribution >= 4 is 80.3 Å². The van der Waals surface area contributed by atoms with Crippen LogP contribution in [0.3, 0.4) is 0 Å². The number of rotatable bonds is 20. The van der Waals surface area contributed by atoms with E-state index in [0.29, 0.717) is 89.4 Å². The zero-order valence-electron chi connectivity index (χ0n) is 60.9. The van der Waals surface area contributed by atoms with Crippen molar-refractivity contribution in [3.05, 3.63) is 243 Å². The molecule has 20 nitrogen and oxygen atoms in total. The standard InChI is InChI=1S/C32H34F3N3O5.C18H19ClN2O2.C17H19NO.C13H15F3N2O3.C2H2Cl2O/c33-32(34,35)29-20-25(10-15-30(29)38(40)41)36-24-8-13-26(14-9-24)42-21-31(39)37-18-16-23(17-19-37)22-6-11-28(12-7-22)43-27-4-2-1-3-5-27;19-14-18(22)21-12-10-20(11-13-21)15-6-8-17(9-7-15)23-16-4-2-1-3-5-16;1-2-4-16(5-3-1)19-17-8-6-14(7-9-17)15-10-12-18-13-11-15;14-13(15,16)11-7-9(3-6-12(11)18(20)21)17-8-1-4-10(19)5-2-8;3-1-2(4)5/h1-7,10-12,15,20,23-24,26,36H,8-9,13-14,16-19,21H2;1-9H,10-14H2;1-9,15,18H,10-13H2;3,6-8,10,17,19H,1-2,4-5H2;1H2. The molecule has 0 unspecified atom stereocenters. The lowest BCUT2D eigenvalue weighted by molar-refractivity contribution is -0.388. The summed E-state index contributed by atoms with van der Waals surface area (Å²) in [6.45, 7) is 6.68. The second-order valence-corrected chi connectivity index (χ2v) is 28.1. The predicted molar refractivity (Wildman–Crippen MR) is 417 cm³/mol. The van der Waals surface area contributed by atoms with Gasteiger partial charge < -0.3 is 54.7 Å². The summed E-state index contributed by atoms with van der Waals surface area (Å²) in [5.41, 5.74) is -0.240. The third-order valence-corrected chi connectivity index (χ3v) is 20.2. The molecule has 2 amide bonds. The third-order valence-electron chi connectivity index (χ3n) is 19.4. The number of piperidine rings is 2. The minimum absolute atomic E-state index is 0.0102. The monoisotopic (exact) mass is 1600 g/mol. The molecule has 3 aliphatic heterocycles. The quantitative estimate of drug-likeness (QED) is 0.0182. The van der Waals surface area contributed by atoms with Crippen LogP contribution < -0.4 is 35.1 Å². The Balaban J connectivity index is 0.000000177. The van der Waals surface area contributed by atoms with Crippen LogP contribution in [-0.2, 0) is 31.5 Å². The molecule has 5 aliphatic rings. The molecule has 0 radical (unpaired) electrons. The van der Waals surface area contributed by atoms with E-state index in [4.69, 9.17) is 53.8 Å². The molecule has 0 bridgehead atoms.